The molecular weight excluding hydrogens is 474 g/mol. The van der Waals surface area contributed by atoms with E-state index in [0.29, 0.717) is 23.4 Å². The molecule has 1 saturated heterocycles. The third kappa shape index (κ3) is 5.93. The summed E-state index contributed by atoms with van der Waals surface area (Å²) < 4.78 is 0. The average Bonchev–Trinajstić information content (AvgIpc) is 3.39. The molecular formula is C32H31N3O3. The van der Waals surface area contributed by atoms with Gasteiger partial charge in [-0.3, -0.25) is 9.59 Å². The molecule has 1 aliphatic rings. The van der Waals surface area contributed by atoms with Crippen LogP contribution in [0.15, 0.2) is 97.1 Å². The topological polar surface area (TPSA) is 81.7 Å². The number of nitrogens with zero attached hydrogens (tertiary/aromatic N) is 1. The monoisotopic (exact) mass is 505 g/mol. The number of hydrogen-bond donors (Lipinski definition) is 3. The summed E-state index contributed by atoms with van der Waals surface area (Å²) in [5.41, 5.74) is 6.73. The summed E-state index contributed by atoms with van der Waals surface area (Å²) in [5.74, 6) is -0.242. The van der Waals surface area contributed by atoms with Crippen molar-refractivity contribution in [1.29, 1.82) is 0 Å². The molecule has 0 saturated carbocycles. The first-order valence-corrected chi connectivity index (χ1v) is 12.8. The fraction of sp³-hybridized carbons (Fsp3) is 0.188. The van der Waals surface area contributed by atoms with E-state index in [1.54, 1.807) is 24.3 Å². The highest BCUT2D eigenvalue weighted by molar-refractivity contribution is 6.09. The number of hydrogen-bond acceptors (Lipinski definition) is 5. The lowest BCUT2D eigenvalue weighted by Crippen LogP contribution is -2.21. The number of aliphatic hydroxyl groups is 1. The Hall–Kier alpha value is -4.42. The molecule has 1 fully saturated rings. The van der Waals surface area contributed by atoms with Gasteiger partial charge in [-0.2, -0.15) is 0 Å². The van der Waals surface area contributed by atoms with Crippen molar-refractivity contribution in [1.82, 2.24) is 0 Å². The second-order valence-corrected chi connectivity index (χ2v) is 9.66. The van der Waals surface area contributed by atoms with Gasteiger partial charge in [-0.25, -0.2) is 0 Å². The molecule has 0 bridgehead atoms. The van der Waals surface area contributed by atoms with Crippen molar-refractivity contribution < 1.29 is 14.7 Å². The molecule has 1 amide bonds. The minimum Gasteiger partial charge on any atom is -0.391 e. The number of aliphatic hydroxyl groups excluding tert-OH is 1. The van der Waals surface area contributed by atoms with Crippen LogP contribution < -0.4 is 15.5 Å². The number of Topliss-reactive ketones (excluding diaryl/α,β-unsaturated/α-hetero) is 1. The number of aryl methyl sites for hydroxylation is 1. The van der Waals surface area contributed by atoms with Gasteiger partial charge >= 0.3 is 0 Å². The van der Waals surface area contributed by atoms with Crippen LogP contribution in [0, 0.1) is 6.92 Å². The summed E-state index contributed by atoms with van der Waals surface area (Å²) in [7, 11) is 0. The maximum atomic E-state index is 13.1. The van der Waals surface area contributed by atoms with Gasteiger partial charge in [-0.1, -0.05) is 48.0 Å². The number of amides is 1. The zero-order valence-corrected chi connectivity index (χ0v) is 21.4. The molecule has 0 aromatic heterocycles. The molecule has 3 N–H and O–H groups in total. The third-order valence-electron chi connectivity index (χ3n) is 6.85. The molecule has 0 unspecified atom stereocenters. The first-order valence-electron chi connectivity index (χ1n) is 12.8. The standard InChI is InChI=1S/C32H31N3O3/c1-22-6-8-23(9-7-22)29-4-2-3-5-30(29)32(38)34-26-12-10-24(11-13-26)31(37)20-33-25-14-16-27(17-15-25)35-19-18-28(36)21-35/h2-17,28,33,36H,18-21H2,1H3,(H,34,38)/t28-/m1/s1. The second-order valence-electron chi connectivity index (χ2n) is 9.66. The van der Waals surface area contributed by atoms with Crippen LogP contribution in [-0.2, 0) is 0 Å². The number of ketones is 1. The van der Waals surface area contributed by atoms with E-state index < -0.39 is 0 Å². The third-order valence-corrected chi connectivity index (χ3v) is 6.85. The molecule has 1 atom stereocenters. The summed E-state index contributed by atoms with van der Waals surface area (Å²) in [6.07, 6.45) is 0.525. The molecule has 0 aliphatic carbocycles. The fourth-order valence-corrected chi connectivity index (χ4v) is 4.65. The smallest absolute Gasteiger partial charge is 0.256 e. The van der Waals surface area contributed by atoms with Crippen molar-refractivity contribution in [3.63, 3.8) is 0 Å². The van der Waals surface area contributed by atoms with E-state index in [1.165, 1.54) is 0 Å². The minimum absolute atomic E-state index is 0.0423. The predicted molar refractivity (Wildman–Crippen MR) is 153 cm³/mol. The molecule has 4 aromatic carbocycles. The fourth-order valence-electron chi connectivity index (χ4n) is 4.65. The van der Waals surface area contributed by atoms with Crippen molar-refractivity contribution >= 4 is 28.8 Å². The average molecular weight is 506 g/mol. The van der Waals surface area contributed by atoms with Crippen molar-refractivity contribution in [3.8, 4) is 11.1 Å². The predicted octanol–water partition coefficient (Wildman–Crippen LogP) is 5.78. The molecule has 0 radical (unpaired) electrons. The lowest BCUT2D eigenvalue weighted by atomic mass is 9.98. The maximum Gasteiger partial charge on any atom is 0.256 e. The van der Waals surface area contributed by atoms with Gasteiger partial charge in [0.05, 0.1) is 12.6 Å². The van der Waals surface area contributed by atoms with E-state index in [0.717, 1.165) is 41.0 Å². The maximum absolute atomic E-state index is 13.1. The number of carbonyl (C=O) groups is 2. The Morgan fingerprint density at radius 3 is 2.24 bits per heavy atom. The van der Waals surface area contributed by atoms with E-state index in [-0.39, 0.29) is 24.3 Å². The molecule has 0 spiro atoms. The number of nitrogens with one attached hydrogen (secondary N) is 2. The normalized spacial score (nSPS) is 14.8. The van der Waals surface area contributed by atoms with E-state index in [4.69, 9.17) is 0 Å². The highest BCUT2D eigenvalue weighted by atomic mass is 16.3. The van der Waals surface area contributed by atoms with Crippen molar-refractivity contribution in [2.45, 2.75) is 19.4 Å². The Labute approximate surface area is 222 Å². The Bertz CT molecular complexity index is 1410. The molecule has 38 heavy (non-hydrogen) atoms. The Morgan fingerprint density at radius 2 is 1.55 bits per heavy atom. The molecule has 6 heteroatoms. The van der Waals surface area contributed by atoms with Crippen molar-refractivity contribution in [2.24, 2.45) is 0 Å². The first-order chi connectivity index (χ1) is 18.5. The van der Waals surface area contributed by atoms with Gasteiger partial charge in [0.15, 0.2) is 5.78 Å². The highest BCUT2D eigenvalue weighted by Crippen LogP contribution is 2.25. The lowest BCUT2D eigenvalue weighted by molar-refractivity contribution is 0.100. The van der Waals surface area contributed by atoms with Crippen LogP contribution in [0.2, 0.25) is 0 Å². The van der Waals surface area contributed by atoms with Crippen LogP contribution in [0.1, 0.15) is 32.7 Å². The van der Waals surface area contributed by atoms with Crippen molar-refractivity contribution in [2.75, 3.05) is 35.2 Å². The number of rotatable bonds is 8. The Kier molecular flexibility index (Phi) is 7.52. The SMILES string of the molecule is Cc1ccc(-c2ccccc2C(=O)Nc2ccc(C(=O)CNc3ccc(N4CC[C@@H](O)C4)cc3)cc2)cc1. The summed E-state index contributed by atoms with van der Waals surface area (Å²) in [4.78, 5) is 28.0. The highest BCUT2D eigenvalue weighted by Gasteiger charge is 2.20. The Balaban J connectivity index is 1.18. The zero-order valence-electron chi connectivity index (χ0n) is 21.4. The molecule has 4 aromatic rings. The van der Waals surface area contributed by atoms with Gasteiger partial charge in [0.1, 0.15) is 0 Å². The van der Waals surface area contributed by atoms with Crippen LogP contribution >= 0.6 is 0 Å². The number of benzene rings is 4. The lowest BCUT2D eigenvalue weighted by Gasteiger charge is -2.18. The second kappa shape index (κ2) is 11.3. The molecule has 5 rings (SSSR count). The molecule has 1 heterocycles. The van der Waals surface area contributed by atoms with Gasteiger partial charge < -0.3 is 20.6 Å². The molecule has 1 aliphatic heterocycles. The van der Waals surface area contributed by atoms with Gasteiger partial charge in [0, 0.05) is 41.3 Å². The van der Waals surface area contributed by atoms with Crippen LogP contribution in [-0.4, -0.2) is 42.5 Å². The summed E-state index contributed by atoms with van der Waals surface area (Å²) in [6, 6.07) is 30.5. The largest absolute Gasteiger partial charge is 0.391 e. The summed E-state index contributed by atoms with van der Waals surface area (Å²) in [5, 5.41) is 15.9. The number of carbonyl (C=O) groups excluding carboxylic acids is 2. The van der Waals surface area contributed by atoms with Crippen LogP contribution in [0.5, 0.6) is 0 Å². The van der Waals surface area contributed by atoms with E-state index in [1.807, 2.05) is 79.7 Å². The van der Waals surface area contributed by atoms with Gasteiger partial charge in [0.2, 0.25) is 0 Å². The van der Waals surface area contributed by atoms with Crippen molar-refractivity contribution in [3.05, 3.63) is 114 Å². The van der Waals surface area contributed by atoms with E-state index >= 15 is 0 Å². The first kappa shape index (κ1) is 25.2. The van der Waals surface area contributed by atoms with Gasteiger partial charge in [-0.15, -0.1) is 0 Å². The summed E-state index contributed by atoms with van der Waals surface area (Å²) >= 11 is 0. The number of anilines is 3. The van der Waals surface area contributed by atoms with Crippen LogP contribution in [0.4, 0.5) is 17.1 Å². The van der Waals surface area contributed by atoms with Crippen LogP contribution in [0.25, 0.3) is 11.1 Å². The van der Waals surface area contributed by atoms with E-state index in [2.05, 4.69) is 15.5 Å². The number of β-amino-alcohol motifs (C(OH)–C–C–N with tert-alkyl or cyclic N) is 1. The van der Waals surface area contributed by atoms with Crippen LogP contribution in [0.3, 0.4) is 0 Å². The molecule has 192 valence electrons. The minimum atomic E-state index is -0.264. The quantitative estimate of drug-likeness (QED) is 0.265. The van der Waals surface area contributed by atoms with Gasteiger partial charge in [-0.05, 0) is 79.1 Å². The zero-order chi connectivity index (χ0) is 26.5. The molecule has 6 nitrogen and oxygen atoms in total. The van der Waals surface area contributed by atoms with Gasteiger partial charge in [0.25, 0.3) is 5.91 Å². The van der Waals surface area contributed by atoms with E-state index in [9.17, 15) is 14.7 Å². The Morgan fingerprint density at radius 1 is 0.868 bits per heavy atom. The summed E-state index contributed by atoms with van der Waals surface area (Å²) in [6.45, 7) is 3.70.